The largest absolute Gasteiger partial charge is 0.349 e. The van der Waals surface area contributed by atoms with Crippen LogP contribution in [0.2, 0.25) is 0 Å². The first kappa shape index (κ1) is 10.5. The molecule has 50 valence electrons. The van der Waals surface area contributed by atoms with Gasteiger partial charge in [-0.1, -0.05) is 13.8 Å². The molecule has 0 aromatic carbocycles. The Morgan fingerprint density at radius 3 is 1.38 bits per heavy atom. The lowest BCUT2D eigenvalue weighted by Crippen LogP contribution is -2.17. The fraction of sp³-hybridized carbons (Fsp3) is 0.833. The average molecular weight is 117 g/mol. The highest BCUT2D eigenvalue weighted by atomic mass is 16.2. The Morgan fingerprint density at radius 2 is 1.38 bits per heavy atom. The van der Waals surface area contributed by atoms with Gasteiger partial charge in [0, 0.05) is 21.0 Å². The van der Waals surface area contributed by atoms with Gasteiger partial charge in [-0.25, -0.2) is 0 Å². The van der Waals surface area contributed by atoms with Crippen LogP contribution in [0.15, 0.2) is 0 Å². The Balaban J connectivity index is 0. The molecule has 0 N–H and O–H groups in total. The molecule has 0 saturated heterocycles. The zero-order chi connectivity index (χ0) is 7.15. The summed E-state index contributed by atoms with van der Waals surface area (Å²) in [6.45, 7) is 5.53. The van der Waals surface area contributed by atoms with Gasteiger partial charge in [-0.2, -0.15) is 0 Å². The minimum atomic E-state index is 0.0926. The fourth-order valence-corrected chi connectivity index (χ4v) is 0. The molecule has 0 unspecified atom stereocenters. The smallest absolute Gasteiger partial charge is 0.218 e. The van der Waals surface area contributed by atoms with Crippen molar-refractivity contribution in [2.24, 2.45) is 0 Å². The van der Waals surface area contributed by atoms with Crippen LogP contribution in [0.1, 0.15) is 20.8 Å². The van der Waals surface area contributed by atoms with Crippen LogP contribution >= 0.6 is 0 Å². The van der Waals surface area contributed by atoms with Crippen molar-refractivity contribution in [3.05, 3.63) is 0 Å². The topological polar surface area (TPSA) is 20.3 Å². The minimum Gasteiger partial charge on any atom is -0.349 e. The van der Waals surface area contributed by atoms with E-state index in [-0.39, 0.29) is 5.91 Å². The molecule has 0 bridgehead atoms. The lowest BCUT2D eigenvalue weighted by atomic mass is 10.7. The number of nitrogens with zero attached hydrogens (tertiary/aromatic N) is 1. The van der Waals surface area contributed by atoms with Crippen LogP contribution in [-0.2, 0) is 4.79 Å². The molecular weight excluding hydrogens is 102 g/mol. The first-order chi connectivity index (χ1) is 3.64. The first-order valence-corrected chi connectivity index (χ1v) is 2.82. The second-order valence-electron chi connectivity index (χ2n) is 1.41. The molecule has 8 heavy (non-hydrogen) atoms. The van der Waals surface area contributed by atoms with Gasteiger partial charge in [0.2, 0.25) is 5.91 Å². The van der Waals surface area contributed by atoms with Crippen molar-refractivity contribution in [2.75, 3.05) is 14.1 Å². The molecule has 0 rings (SSSR count). The van der Waals surface area contributed by atoms with Crippen LogP contribution in [0.4, 0.5) is 0 Å². The van der Waals surface area contributed by atoms with Gasteiger partial charge in [0.15, 0.2) is 0 Å². The van der Waals surface area contributed by atoms with Crippen molar-refractivity contribution in [1.82, 2.24) is 4.90 Å². The lowest BCUT2D eigenvalue weighted by Gasteiger charge is -2.02. The summed E-state index contributed by atoms with van der Waals surface area (Å²) in [5.74, 6) is 0.0926. The van der Waals surface area contributed by atoms with Gasteiger partial charge in [0.05, 0.1) is 0 Å². The van der Waals surface area contributed by atoms with Crippen molar-refractivity contribution in [3.63, 3.8) is 0 Å². The van der Waals surface area contributed by atoms with E-state index in [2.05, 4.69) is 0 Å². The second-order valence-corrected chi connectivity index (χ2v) is 1.41. The van der Waals surface area contributed by atoms with Gasteiger partial charge in [0.25, 0.3) is 0 Å². The lowest BCUT2D eigenvalue weighted by molar-refractivity contribution is -0.126. The minimum absolute atomic E-state index is 0.0926. The van der Waals surface area contributed by atoms with E-state index in [0.29, 0.717) is 0 Å². The summed E-state index contributed by atoms with van der Waals surface area (Å²) in [6.07, 6.45) is 0. The average Bonchev–Trinajstić information content (AvgIpc) is 1.72. The summed E-state index contributed by atoms with van der Waals surface area (Å²) in [6, 6.07) is 0. The van der Waals surface area contributed by atoms with E-state index in [1.165, 1.54) is 11.8 Å². The fourth-order valence-electron chi connectivity index (χ4n) is 0. The van der Waals surface area contributed by atoms with Gasteiger partial charge in [0.1, 0.15) is 0 Å². The van der Waals surface area contributed by atoms with Crippen LogP contribution in [0, 0.1) is 0 Å². The summed E-state index contributed by atoms with van der Waals surface area (Å²) in [4.78, 5) is 11.6. The van der Waals surface area contributed by atoms with E-state index in [9.17, 15) is 4.79 Å². The molecular formula is C6H15NO. The summed E-state index contributed by atoms with van der Waals surface area (Å²) in [7, 11) is 3.45. The molecule has 0 radical (unpaired) electrons. The maximum atomic E-state index is 10.1. The Bertz CT molecular complexity index is 59.5. The number of carbonyl (C=O) groups is 1. The molecule has 2 nitrogen and oxygen atoms in total. The predicted octanol–water partition coefficient (Wildman–Crippen LogP) is 1.12. The van der Waals surface area contributed by atoms with E-state index >= 15 is 0 Å². The Hall–Kier alpha value is -0.530. The van der Waals surface area contributed by atoms with Crippen LogP contribution in [-0.4, -0.2) is 24.9 Å². The zero-order valence-electron chi connectivity index (χ0n) is 6.36. The van der Waals surface area contributed by atoms with Crippen molar-refractivity contribution in [3.8, 4) is 0 Å². The van der Waals surface area contributed by atoms with Crippen LogP contribution in [0.3, 0.4) is 0 Å². The molecule has 2 heteroatoms. The highest BCUT2D eigenvalue weighted by Gasteiger charge is 1.87. The molecule has 0 aliphatic heterocycles. The van der Waals surface area contributed by atoms with Gasteiger partial charge in [-0.15, -0.1) is 0 Å². The molecule has 0 spiro atoms. The molecule has 0 atom stereocenters. The predicted molar refractivity (Wildman–Crippen MR) is 35.7 cm³/mol. The standard InChI is InChI=1S/C4H9NO.C2H6/c1-4(6)5(2)3;1-2/h1-3H3;1-2H3. The Morgan fingerprint density at radius 1 is 1.25 bits per heavy atom. The summed E-state index contributed by atoms with van der Waals surface area (Å²) in [5.41, 5.74) is 0. The Labute approximate surface area is 51.5 Å². The third-order valence-corrected chi connectivity index (χ3v) is 0.630. The highest BCUT2D eigenvalue weighted by Crippen LogP contribution is 1.69. The van der Waals surface area contributed by atoms with Gasteiger partial charge in [-0.3, -0.25) is 4.79 Å². The van der Waals surface area contributed by atoms with E-state index in [4.69, 9.17) is 0 Å². The molecule has 0 aromatic heterocycles. The number of hydrogen-bond acceptors (Lipinski definition) is 1. The van der Waals surface area contributed by atoms with E-state index in [0.717, 1.165) is 0 Å². The molecule has 0 heterocycles. The Kier molecular flexibility index (Phi) is 8.45. The van der Waals surface area contributed by atoms with E-state index in [1.54, 1.807) is 14.1 Å². The quantitative estimate of drug-likeness (QED) is 0.465. The number of rotatable bonds is 0. The molecule has 0 aromatic rings. The van der Waals surface area contributed by atoms with Crippen molar-refractivity contribution in [1.29, 1.82) is 0 Å². The SMILES string of the molecule is CC.CC(=O)N(C)C. The normalized spacial score (nSPS) is 6.62. The second kappa shape index (κ2) is 6.47. The van der Waals surface area contributed by atoms with Crippen molar-refractivity contribution < 1.29 is 4.79 Å². The zero-order valence-corrected chi connectivity index (χ0v) is 6.36. The number of carbonyl (C=O) groups excluding carboxylic acids is 1. The maximum Gasteiger partial charge on any atom is 0.218 e. The summed E-state index contributed by atoms with van der Waals surface area (Å²) in [5, 5.41) is 0. The van der Waals surface area contributed by atoms with Gasteiger partial charge >= 0.3 is 0 Å². The monoisotopic (exact) mass is 117 g/mol. The van der Waals surface area contributed by atoms with Gasteiger partial charge < -0.3 is 4.90 Å². The van der Waals surface area contributed by atoms with Crippen LogP contribution in [0.5, 0.6) is 0 Å². The number of hydrogen-bond donors (Lipinski definition) is 0. The van der Waals surface area contributed by atoms with Gasteiger partial charge in [-0.05, 0) is 0 Å². The summed E-state index contributed by atoms with van der Waals surface area (Å²) < 4.78 is 0. The molecule has 0 aliphatic carbocycles. The molecule has 0 aliphatic rings. The van der Waals surface area contributed by atoms with Crippen LogP contribution in [0.25, 0.3) is 0 Å². The third-order valence-electron chi connectivity index (χ3n) is 0.630. The van der Waals surface area contributed by atoms with E-state index in [1.807, 2.05) is 13.8 Å². The first-order valence-electron chi connectivity index (χ1n) is 2.82. The molecule has 0 fully saturated rings. The van der Waals surface area contributed by atoms with Crippen molar-refractivity contribution >= 4 is 5.91 Å². The van der Waals surface area contributed by atoms with E-state index < -0.39 is 0 Å². The summed E-state index contributed by atoms with van der Waals surface area (Å²) >= 11 is 0. The number of amides is 1. The third kappa shape index (κ3) is 9.08. The van der Waals surface area contributed by atoms with Crippen LogP contribution < -0.4 is 0 Å². The van der Waals surface area contributed by atoms with Crippen molar-refractivity contribution in [2.45, 2.75) is 20.8 Å². The maximum absolute atomic E-state index is 10.1. The molecule has 0 saturated carbocycles. The highest BCUT2D eigenvalue weighted by molar-refractivity contribution is 5.72. The molecule has 1 amide bonds.